The first-order valence-corrected chi connectivity index (χ1v) is 6.32. The molecule has 92 valence electrons. The Kier molecular flexibility index (Phi) is 3.58. The lowest BCUT2D eigenvalue weighted by Crippen LogP contribution is -1.89. The molecule has 0 spiro atoms. The third kappa shape index (κ3) is 3.05. The van der Waals surface area contributed by atoms with Crippen LogP contribution in [0.2, 0.25) is 0 Å². The number of nitrogens with zero attached hydrogens (tertiary/aromatic N) is 1. The van der Waals surface area contributed by atoms with Gasteiger partial charge in [-0.1, -0.05) is 35.4 Å². The fraction of sp³-hybridized carbons (Fsp3) is 0.143. The fourth-order valence-corrected chi connectivity index (χ4v) is 2.40. The second-order valence-electron chi connectivity index (χ2n) is 4.12. The molecule has 0 atom stereocenters. The number of aromatic carboxylic acids is 1. The zero-order valence-electron chi connectivity index (χ0n) is 10.2. The maximum Gasteiger partial charge on any atom is 0.347 e. The van der Waals surface area contributed by atoms with Crippen LogP contribution in [0, 0.1) is 13.8 Å². The second kappa shape index (κ2) is 5.14. The van der Waals surface area contributed by atoms with Crippen molar-refractivity contribution in [2.45, 2.75) is 13.8 Å². The van der Waals surface area contributed by atoms with Crippen molar-refractivity contribution in [2.24, 2.45) is 0 Å². The van der Waals surface area contributed by atoms with Crippen molar-refractivity contribution < 1.29 is 9.90 Å². The Hall–Kier alpha value is -1.94. The first-order chi connectivity index (χ1) is 8.54. The van der Waals surface area contributed by atoms with Gasteiger partial charge < -0.3 is 5.11 Å². The van der Waals surface area contributed by atoms with E-state index in [9.17, 15) is 4.79 Å². The third-order valence-electron chi connectivity index (χ3n) is 2.40. The van der Waals surface area contributed by atoms with Gasteiger partial charge in [0, 0.05) is 0 Å². The zero-order chi connectivity index (χ0) is 13.1. The van der Waals surface area contributed by atoms with Crippen LogP contribution in [0.3, 0.4) is 0 Å². The molecule has 0 fully saturated rings. The number of carboxylic acid groups (broad SMARTS) is 1. The smallest absolute Gasteiger partial charge is 0.347 e. The molecule has 0 radical (unpaired) electrons. The number of hydrogen-bond acceptors (Lipinski definition) is 3. The molecule has 0 aliphatic carbocycles. The number of hydrogen-bond donors (Lipinski definition) is 1. The Bertz CT molecular complexity index is 594. The molecule has 0 saturated heterocycles. The molecule has 18 heavy (non-hydrogen) atoms. The molecule has 3 nitrogen and oxygen atoms in total. The quantitative estimate of drug-likeness (QED) is 0.915. The van der Waals surface area contributed by atoms with E-state index in [-0.39, 0.29) is 4.88 Å². The van der Waals surface area contributed by atoms with Crippen molar-refractivity contribution in [2.75, 3.05) is 0 Å². The van der Waals surface area contributed by atoms with E-state index in [4.69, 9.17) is 5.11 Å². The molecule has 0 aliphatic heterocycles. The van der Waals surface area contributed by atoms with Crippen molar-refractivity contribution in [1.29, 1.82) is 0 Å². The van der Waals surface area contributed by atoms with Gasteiger partial charge in [-0.05, 0) is 25.5 Å². The summed E-state index contributed by atoms with van der Waals surface area (Å²) in [5.41, 5.74) is 3.51. The minimum atomic E-state index is -0.932. The Balaban J connectivity index is 2.21. The molecule has 1 aromatic carbocycles. The standard InChI is InChI=1S/C14H13NO2S/c1-9-5-10(2)7-11(6-9)3-4-13-15-8-12(18-13)14(16)17/h3-8H,1-2H3,(H,16,17)/b4-3+. The fourth-order valence-electron chi connectivity index (χ4n) is 1.74. The minimum Gasteiger partial charge on any atom is -0.477 e. The van der Waals surface area contributed by atoms with Gasteiger partial charge in [0.15, 0.2) is 0 Å². The molecule has 0 amide bonds. The molecule has 1 N–H and O–H groups in total. The molecule has 0 bridgehead atoms. The molecule has 0 saturated carbocycles. The Morgan fingerprint density at radius 2 is 1.89 bits per heavy atom. The van der Waals surface area contributed by atoms with Crippen LogP contribution in [-0.4, -0.2) is 16.1 Å². The summed E-state index contributed by atoms with van der Waals surface area (Å²) in [7, 11) is 0. The molecule has 2 rings (SSSR count). The predicted molar refractivity (Wildman–Crippen MR) is 73.9 cm³/mol. The summed E-state index contributed by atoms with van der Waals surface area (Å²) in [4.78, 5) is 15.0. The van der Waals surface area contributed by atoms with Crippen LogP contribution in [0.4, 0.5) is 0 Å². The van der Waals surface area contributed by atoms with Crippen molar-refractivity contribution in [1.82, 2.24) is 4.98 Å². The number of benzene rings is 1. The Morgan fingerprint density at radius 3 is 2.44 bits per heavy atom. The predicted octanol–water partition coefficient (Wildman–Crippen LogP) is 3.63. The summed E-state index contributed by atoms with van der Waals surface area (Å²) < 4.78 is 0. The van der Waals surface area contributed by atoms with Crippen LogP contribution >= 0.6 is 11.3 Å². The monoisotopic (exact) mass is 259 g/mol. The van der Waals surface area contributed by atoms with Crippen molar-refractivity contribution >= 4 is 29.5 Å². The minimum absolute atomic E-state index is 0.259. The number of carbonyl (C=O) groups is 1. The van der Waals surface area contributed by atoms with E-state index in [2.05, 4.69) is 37.0 Å². The summed E-state index contributed by atoms with van der Waals surface area (Å²) >= 11 is 1.17. The first kappa shape index (κ1) is 12.5. The highest BCUT2D eigenvalue weighted by Gasteiger charge is 2.06. The van der Waals surface area contributed by atoms with Gasteiger partial charge in [-0.15, -0.1) is 11.3 Å². The maximum absolute atomic E-state index is 10.7. The van der Waals surface area contributed by atoms with Crippen molar-refractivity contribution in [3.05, 3.63) is 51.0 Å². The Labute approximate surface area is 109 Å². The summed E-state index contributed by atoms with van der Waals surface area (Å²) in [6.45, 7) is 4.10. The lowest BCUT2D eigenvalue weighted by atomic mass is 10.1. The number of carboxylic acids is 1. The van der Waals surface area contributed by atoms with Crippen LogP contribution in [-0.2, 0) is 0 Å². The Morgan fingerprint density at radius 1 is 1.22 bits per heavy atom. The van der Waals surface area contributed by atoms with E-state index < -0.39 is 5.97 Å². The highest BCUT2D eigenvalue weighted by molar-refractivity contribution is 7.14. The summed E-state index contributed by atoms with van der Waals surface area (Å²) in [6, 6.07) is 6.27. The van der Waals surface area contributed by atoms with E-state index in [1.54, 1.807) is 0 Å². The molecule has 0 aliphatic rings. The zero-order valence-corrected chi connectivity index (χ0v) is 11.0. The average Bonchev–Trinajstić information content (AvgIpc) is 2.73. The van der Waals surface area contributed by atoms with Gasteiger partial charge >= 0.3 is 5.97 Å². The molecule has 2 aromatic rings. The summed E-state index contributed by atoms with van der Waals surface area (Å²) in [5.74, 6) is -0.932. The molecule has 4 heteroatoms. The van der Waals surface area contributed by atoms with Crippen molar-refractivity contribution in [3.63, 3.8) is 0 Å². The van der Waals surface area contributed by atoms with E-state index in [0.717, 1.165) is 5.56 Å². The van der Waals surface area contributed by atoms with Gasteiger partial charge in [-0.25, -0.2) is 9.78 Å². The lowest BCUT2D eigenvalue weighted by Gasteiger charge is -1.99. The molecule has 1 heterocycles. The number of thiazole rings is 1. The van der Waals surface area contributed by atoms with Crippen LogP contribution in [0.25, 0.3) is 12.2 Å². The van der Waals surface area contributed by atoms with E-state index >= 15 is 0 Å². The topological polar surface area (TPSA) is 50.2 Å². The molecular formula is C14H13NO2S. The number of rotatable bonds is 3. The van der Waals surface area contributed by atoms with Crippen molar-refractivity contribution in [3.8, 4) is 0 Å². The summed E-state index contributed by atoms with van der Waals surface area (Å²) in [5, 5.41) is 9.50. The number of aromatic nitrogens is 1. The first-order valence-electron chi connectivity index (χ1n) is 5.50. The SMILES string of the molecule is Cc1cc(C)cc(/C=C/c2ncc(C(=O)O)s2)c1. The van der Waals surface area contributed by atoms with Gasteiger partial charge in [0.1, 0.15) is 9.88 Å². The molecular weight excluding hydrogens is 246 g/mol. The van der Waals surface area contributed by atoms with E-state index in [1.807, 2.05) is 12.2 Å². The van der Waals surface area contributed by atoms with Gasteiger partial charge in [-0.2, -0.15) is 0 Å². The largest absolute Gasteiger partial charge is 0.477 e. The highest BCUT2D eigenvalue weighted by Crippen LogP contribution is 2.17. The van der Waals surface area contributed by atoms with E-state index in [0.29, 0.717) is 5.01 Å². The van der Waals surface area contributed by atoms with Gasteiger partial charge in [0.2, 0.25) is 0 Å². The van der Waals surface area contributed by atoms with Crippen LogP contribution in [0.5, 0.6) is 0 Å². The molecule has 1 aromatic heterocycles. The van der Waals surface area contributed by atoms with E-state index in [1.165, 1.54) is 28.7 Å². The van der Waals surface area contributed by atoms with Gasteiger partial charge in [-0.3, -0.25) is 0 Å². The average molecular weight is 259 g/mol. The van der Waals surface area contributed by atoms with Crippen LogP contribution in [0.15, 0.2) is 24.4 Å². The summed E-state index contributed by atoms with van der Waals surface area (Å²) in [6.07, 6.45) is 5.17. The van der Waals surface area contributed by atoms with Crippen LogP contribution in [0.1, 0.15) is 31.4 Å². The third-order valence-corrected chi connectivity index (χ3v) is 3.35. The normalized spacial score (nSPS) is 11.0. The van der Waals surface area contributed by atoms with Crippen LogP contribution < -0.4 is 0 Å². The maximum atomic E-state index is 10.7. The highest BCUT2D eigenvalue weighted by atomic mass is 32.1. The number of aryl methyl sites for hydroxylation is 2. The molecule has 0 unspecified atom stereocenters. The lowest BCUT2D eigenvalue weighted by molar-refractivity contribution is 0.0702. The second-order valence-corrected chi connectivity index (χ2v) is 5.18. The van der Waals surface area contributed by atoms with Gasteiger partial charge in [0.05, 0.1) is 6.20 Å². The van der Waals surface area contributed by atoms with Gasteiger partial charge in [0.25, 0.3) is 0 Å².